The third-order valence-corrected chi connectivity index (χ3v) is 3.90. The van der Waals surface area contributed by atoms with Gasteiger partial charge in [-0.25, -0.2) is 12.7 Å². The minimum absolute atomic E-state index is 0.104. The molecular weight excluding hydrogens is 174 g/mol. The van der Waals surface area contributed by atoms with E-state index in [0.29, 0.717) is 18.7 Å². The van der Waals surface area contributed by atoms with Gasteiger partial charge in [0.15, 0.2) is 0 Å². The summed E-state index contributed by atoms with van der Waals surface area (Å²) in [6.07, 6.45) is 1.99. The maximum Gasteiger partial charge on any atom is 0.217 e. The largest absolute Gasteiger partial charge is 0.217 e. The van der Waals surface area contributed by atoms with Gasteiger partial charge in [0.05, 0.1) is 5.75 Å². The van der Waals surface area contributed by atoms with E-state index in [-0.39, 0.29) is 5.75 Å². The average molecular weight is 189 g/mol. The zero-order chi connectivity index (χ0) is 9.19. The smallest absolute Gasteiger partial charge is 0.212 e. The molecule has 0 aromatic carbocycles. The van der Waals surface area contributed by atoms with Crippen LogP contribution in [0.4, 0.5) is 0 Å². The first-order chi connectivity index (χ1) is 5.52. The van der Waals surface area contributed by atoms with E-state index in [1.807, 2.05) is 0 Å². The Morgan fingerprint density at radius 2 is 1.92 bits per heavy atom. The van der Waals surface area contributed by atoms with Crippen LogP contribution >= 0.6 is 0 Å². The zero-order valence-corrected chi connectivity index (χ0v) is 8.23. The molecule has 1 aliphatic heterocycles. The number of hydrogen-bond acceptors (Lipinski definition) is 2. The average Bonchev–Trinajstić information content (AvgIpc) is 2.32. The van der Waals surface area contributed by atoms with Gasteiger partial charge < -0.3 is 0 Å². The molecule has 1 rings (SSSR count). The lowest BCUT2D eigenvalue weighted by Crippen LogP contribution is -2.30. The summed E-state index contributed by atoms with van der Waals surface area (Å²) < 4.78 is 24.6. The minimum atomic E-state index is -3.03. The van der Waals surface area contributed by atoms with Crippen molar-refractivity contribution in [2.45, 2.75) is 19.8 Å². The van der Waals surface area contributed by atoms with Crippen LogP contribution in [0.2, 0.25) is 0 Å². The quantitative estimate of drug-likeness (QED) is 0.621. The fourth-order valence-corrected chi connectivity index (χ4v) is 2.99. The molecule has 1 saturated heterocycles. The van der Waals surface area contributed by atoms with Crippen LogP contribution in [0.25, 0.3) is 0 Å². The van der Waals surface area contributed by atoms with Gasteiger partial charge in [-0.1, -0.05) is 12.2 Å². The van der Waals surface area contributed by atoms with Gasteiger partial charge in [-0.2, -0.15) is 0 Å². The molecule has 70 valence electrons. The van der Waals surface area contributed by atoms with Crippen LogP contribution in [0, 0.1) is 0 Å². The van der Waals surface area contributed by atoms with Crippen molar-refractivity contribution in [2.24, 2.45) is 0 Å². The van der Waals surface area contributed by atoms with Crippen LogP contribution in [0.1, 0.15) is 19.8 Å². The molecular formula is C8H15NO2S. The molecule has 0 bridgehead atoms. The fourth-order valence-electron chi connectivity index (χ4n) is 1.37. The molecule has 12 heavy (non-hydrogen) atoms. The second kappa shape index (κ2) is 3.58. The summed E-state index contributed by atoms with van der Waals surface area (Å²) in [5.74, 6) is 0.104. The number of nitrogens with zero attached hydrogens (tertiary/aromatic N) is 1. The highest BCUT2D eigenvalue weighted by Gasteiger charge is 2.24. The molecule has 4 heteroatoms. The Kier molecular flexibility index (Phi) is 2.90. The molecule has 0 aromatic rings. The molecule has 0 saturated carbocycles. The molecule has 1 aliphatic rings. The van der Waals surface area contributed by atoms with Crippen LogP contribution in [-0.2, 0) is 10.0 Å². The number of sulfonamides is 1. The van der Waals surface area contributed by atoms with Gasteiger partial charge in [0, 0.05) is 13.1 Å². The van der Waals surface area contributed by atoms with Crippen molar-refractivity contribution in [2.75, 3.05) is 18.8 Å². The van der Waals surface area contributed by atoms with E-state index in [2.05, 4.69) is 6.58 Å². The van der Waals surface area contributed by atoms with Crippen molar-refractivity contribution < 1.29 is 8.42 Å². The number of hydrogen-bond donors (Lipinski definition) is 0. The Hall–Kier alpha value is -0.350. The third-order valence-electron chi connectivity index (χ3n) is 1.89. The Labute approximate surface area is 74.1 Å². The molecule has 0 radical (unpaired) electrons. The molecule has 1 heterocycles. The summed E-state index contributed by atoms with van der Waals surface area (Å²) in [5.41, 5.74) is 0.710. The highest BCUT2D eigenvalue weighted by atomic mass is 32.2. The molecule has 0 amide bonds. The molecule has 1 fully saturated rings. The summed E-state index contributed by atoms with van der Waals surface area (Å²) in [6.45, 7) is 6.73. The molecule has 0 aliphatic carbocycles. The van der Waals surface area contributed by atoms with Crippen LogP contribution in [0.5, 0.6) is 0 Å². The van der Waals surface area contributed by atoms with Crippen LogP contribution < -0.4 is 0 Å². The van der Waals surface area contributed by atoms with Gasteiger partial charge in [-0.3, -0.25) is 0 Å². The van der Waals surface area contributed by atoms with E-state index < -0.39 is 10.0 Å². The lowest BCUT2D eigenvalue weighted by molar-refractivity contribution is 0.479. The minimum Gasteiger partial charge on any atom is -0.212 e. The summed E-state index contributed by atoms with van der Waals surface area (Å²) in [4.78, 5) is 0. The van der Waals surface area contributed by atoms with Crippen molar-refractivity contribution in [1.29, 1.82) is 0 Å². The summed E-state index contributed by atoms with van der Waals surface area (Å²) >= 11 is 0. The van der Waals surface area contributed by atoms with E-state index in [1.54, 1.807) is 11.2 Å². The van der Waals surface area contributed by atoms with Crippen LogP contribution in [0.3, 0.4) is 0 Å². The third kappa shape index (κ3) is 2.32. The Balaban J connectivity index is 2.64. The Morgan fingerprint density at radius 3 is 2.33 bits per heavy atom. The number of rotatable bonds is 3. The predicted molar refractivity (Wildman–Crippen MR) is 49.4 cm³/mol. The molecule has 0 unspecified atom stereocenters. The normalized spacial score (nSPS) is 19.8. The van der Waals surface area contributed by atoms with Crippen molar-refractivity contribution in [1.82, 2.24) is 4.31 Å². The summed E-state index contributed by atoms with van der Waals surface area (Å²) in [7, 11) is -3.03. The van der Waals surface area contributed by atoms with Crippen molar-refractivity contribution in [3.63, 3.8) is 0 Å². The van der Waals surface area contributed by atoms with Crippen molar-refractivity contribution >= 4 is 10.0 Å². The Morgan fingerprint density at radius 1 is 1.42 bits per heavy atom. The van der Waals surface area contributed by atoms with E-state index in [1.165, 1.54) is 0 Å². The second-order valence-electron chi connectivity index (χ2n) is 3.32. The van der Waals surface area contributed by atoms with Crippen LogP contribution in [-0.4, -0.2) is 31.6 Å². The van der Waals surface area contributed by atoms with Gasteiger partial charge in [0.1, 0.15) is 0 Å². The Bertz CT molecular complexity index is 263. The van der Waals surface area contributed by atoms with E-state index in [4.69, 9.17) is 0 Å². The highest BCUT2D eigenvalue weighted by molar-refractivity contribution is 7.89. The van der Waals surface area contributed by atoms with E-state index in [0.717, 1.165) is 12.8 Å². The summed E-state index contributed by atoms with van der Waals surface area (Å²) in [5, 5.41) is 0. The molecule has 3 nitrogen and oxygen atoms in total. The van der Waals surface area contributed by atoms with E-state index >= 15 is 0 Å². The van der Waals surface area contributed by atoms with Gasteiger partial charge in [0.25, 0.3) is 0 Å². The maximum atomic E-state index is 11.5. The van der Waals surface area contributed by atoms with Crippen molar-refractivity contribution in [3.05, 3.63) is 12.2 Å². The van der Waals surface area contributed by atoms with Gasteiger partial charge in [-0.05, 0) is 19.8 Å². The molecule has 0 spiro atoms. The fraction of sp³-hybridized carbons (Fsp3) is 0.750. The van der Waals surface area contributed by atoms with Gasteiger partial charge >= 0.3 is 0 Å². The first-order valence-corrected chi connectivity index (χ1v) is 5.75. The SMILES string of the molecule is C=C(C)CS(=O)(=O)N1CCCC1. The first-order valence-electron chi connectivity index (χ1n) is 4.14. The predicted octanol–water partition coefficient (Wildman–Crippen LogP) is 0.988. The lowest BCUT2D eigenvalue weighted by atomic mass is 10.4. The van der Waals surface area contributed by atoms with Gasteiger partial charge in [-0.15, -0.1) is 0 Å². The first kappa shape index (κ1) is 9.74. The highest BCUT2D eigenvalue weighted by Crippen LogP contribution is 2.14. The van der Waals surface area contributed by atoms with Crippen molar-refractivity contribution in [3.8, 4) is 0 Å². The summed E-state index contributed by atoms with van der Waals surface area (Å²) in [6, 6.07) is 0. The maximum absolute atomic E-state index is 11.5. The standard InChI is InChI=1S/C8H15NO2S/c1-8(2)7-12(10,11)9-5-3-4-6-9/h1,3-7H2,2H3. The molecule has 0 atom stereocenters. The van der Waals surface area contributed by atoms with Gasteiger partial charge in [0.2, 0.25) is 10.0 Å². The van der Waals surface area contributed by atoms with E-state index in [9.17, 15) is 8.42 Å². The van der Waals surface area contributed by atoms with Crippen LogP contribution in [0.15, 0.2) is 12.2 Å². The molecule has 0 N–H and O–H groups in total. The second-order valence-corrected chi connectivity index (χ2v) is 5.29. The zero-order valence-electron chi connectivity index (χ0n) is 7.41. The topological polar surface area (TPSA) is 37.4 Å². The lowest BCUT2D eigenvalue weighted by Gasteiger charge is -2.14. The molecule has 0 aromatic heterocycles. The monoisotopic (exact) mass is 189 g/mol.